The predicted molar refractivity (Wildman–Crippen MR) is 140 cm³/mol. The SMILES string of the molecule is Cc1c(O)c(O)cc2c1C(C(C)O)C=C1C2(C)CCC2(C)C3CC(C)(C(=O)O)CCC3(C)CCC12C. The number of aliphatic carboxylic acids is 1. The highest BCUT2D eigenvalue weighted by atomic mass is 16.4. The van der Waals surface area contributed by atoms with Crippen LogP contribution in [0.1, 0.15) is 109 Å². The van der Waals surface area contributed by atoms with Crippen LogP contribution >= 0.6 is 0 Å². The van der Waals surface area contributed by atoms with E-state index >= 15 is 0 Å². The standard InChI is InChI=1S/C31H44O5/c1-17-24-19(18(2)32)14-22-29(5,20(24)15-21(33)25(17)34)11-13-31(7)23-16-28(4,26(35)36)9-8-27(23,3)10-12-30(22,31)6/h14-15,18-19,23,32-34H,8-13,16H2,1-7H3,(H,35,36). The van der Waals surface area contributed by atoms with Crippen molar-refractivity contribution in [2.24, 2.45) is 27.6 Å². The number of aliphatic hydroxyl groups is 1. The van der Waals surface area contributed by atoms with E-state index in [9.17, 15) is 25.2 Å². The summed E-state index contributed by atoms with van der Waals surface area (Å²) in [6.45, 7) is 15.0. The molecule has 5 nitrogen and oxygen atoms in total. The van der Waals surface area contributed by atoms with Crippen LogP contribution in [0.4, 0.5) is 0 Å². The number of hydrogen-bond acceptors (Lipinski definition) is 4. The Morgan fingerprint density at radius 1 is 1.00 bits per heavy atom. The zero-order valence-corrected chi connectivity index (χ0v) is 23.0. The Balaban J connectivity index is 1.70. The number of allylic oxidation sites excluding steroid dienone is 1. The second kappa shape index (κ2) is 7.52. The Morgan fingerprint density at radius 3 is 2.25 bits per heavy atom. The van der Waals surface area contributed by atoms with Crippen molar-refractivity contribution in [3.63, 3.8) is 0 Å². The van der Waals surface area contributed by atoms with Gasteiger partial charge in [-0.3, -0.25) is 4.79 Å². The Bertz CT molecular complexity index is 1170. The van der Waals surface area contributed by atoms with Crippen molar-refractivity contribution >= 4 is 5.97 Å². The summed E-state index contributed by atoms with van der Waals surface area (Å²) in [4.78, 5) is 12.3. The molecule has 0 spiro atoms. The van der Waals surface area contributed by atoms with E-state index in [1.807, 2.05) is 13.8 Å². The molecule has 0 heterocycles. The van der Waals surface area contributed by atoms with Gasteiger partial charge in [0.1, 0.15) is 0 Å². The average Bonchev–Trinajstić information content (AvgIpc) is 2.80. The highest BCUT2D eigenvalue weighted by Crippen LogP contribution is 2.75. The van der Waals surface area contributed by atoms with Crippen LogP contribution in [0.25, 0.3) is 0 Å². The number of aliphatic hydroxyl groups excluding tert-OH is 1. The van der Waals surface area contributed by atoms with E-state index in [-0.39, 0.29) is 39.1 Å². The second-order valence-corrected chi connectivity index (χ2v) is 14.0. The van der Waals surface area contributed by atoms with Gasteiger partial charge in [-0.15, -0.1) is 0 Å². The largest absolute Gasteiger partial charge is 0.504 e. The third-order valence-electron chi connectivity index (χ3n) is 12.2. The number of aromatic hydroxyl groups is 2. The first-order chi connectivity index (χ1) is 16.5. The topological polar surface area (TPSA) is 98.0 Å². The zero-order chi connectivity index (χ0) is 26.6. The minimum Gasteiger partial charge on any atom is -0.504 e. The van der Waals surface area contributed by atoms with Crippen molar-refractivity contribution in [2.45, 2.75) is 111 Å². The van der Waals surface area contributed by atoms with Crippen molar-refractivity contribution in [1.82, 2.24) is 0 Å². The van der Waals surface area contributed by atoms with E-state index in [0.717, 1.165) is 49.7 Å². The van der Waals surface area contributed by atoms with Gasteiger partial charge in [0.2, 0.25) is 0 Å². The number of fused-ring (bicyclic) bond motifs is 7. The van der Waals surface area contributed by atoms with Crippen LogP contribution in [0, 0.1) is 34.5 Å². The van der Waals surface area contributed by atoms with Gasteiger partial charge in [-0.25, -0.2) is 0 Å². The number of rotatable bonds is 2. The molecule has 8 unspecified atom stereocenters. The molecule has 0 aromatic heterocycles. The lowest BCUT2D eigenvalue weighted by Crippen LogP contribution is -2.62. The maximum atomic E-state index is 12.3. The average molecular weight is 497 g/mol. The van der Waals surface area contributed by atoms with Gasteiger partial charge in [0.15, 0.2) is 11.5 Å². The minimum absolute atomic E-state index is 0.0722. The van der Waals surface area contributed by atoms with E-state index in [2.05, 4.69) is 33.8 Å². The molecule has 0 saturated heterocycles. The molecule has 4 N–H and O–H groups in total. The van der Waals surface area contributed by atoms with Crippen molar-refractivity contribution < 1.29 is 25.2 Å². The van der Waals surface area contributed by atoms with Crippen molar-refractivity contribution in [1.29, 1.82) is 0 Å². The van der Waals surface area contributed by atoms with Gasteiger partial charge >= 0.3 is 5.97 Å². The molecule has 0 aliphatic heterocycles. The van der Waals surface area contributed by atoms with Crippen LogP contribution in [0.3, 0.4) is 0 Å². The summed E-state index contributed by atoms with van der Waals surface area (Å²) < 4.78 is 0. The smallest absolute Gasteiger partial charge is 0.309 e. The minimum atomic E-state index is -0.692. The Morgan fingerprint density at radius 2 is 1.64 bits per heavy atom. The van der Waals surface area contributed by atoms with Crippen LogP contribution in [0.2, 0.25) is 0 Å². The third-order valence-corrected chi connectivity index (χ3v) is 12.2. The van der Waals surface area contributed by atoms with Gasteiger partial charge < -0.3 is 20.4 Å². The van der Waals surface area contributed by atoms with Gasteiger partial charge in [-0.05, 0) is 111 Å². The number of carbonyl (C=O) groups is 1. The summed E-state index contributed by atoms with van der Waals surface area (Å²) in [7, 11) is 0. The van der Waals surface area contributed by atoms with E-state index < -0.39 is 17.5 Å². The van der Waals surface area contributed by atoms with E-state index in [1.165, 1.54) is 5.57 Å². The highest BCUT2D eigenvalue weighted by Gasteiger charge is 2.67. The third kappa shape index (κ3) is 3.01. The number of carboxylic acids is 1. The van der Waals surface area contributed by atoms with Gasteiger partial charge in [0.05, 0.1) is 11.5 Å². The number of phenols is 2. The number of phenolic OH excluding ortho intramolecular Hbond substituents is 2. The van der Waals surface area contributed by atoms with Crippen LogP contribution in [0.5, 0.6) is 11.5 Å². The molecular weight excluding hydrogens is 452 g/mol. The molecule has 3 saturated carbocycles. The van der Waals surface area contributed by atoms with Crippen LogP contribution < -0.4 is 0 Å². The van der Waals surface area contributed by atoms with Crippen molar-refractivity contribution in [3.05, 3.63) is 34.4 Å². The monoisotopic (exact) mass is 496 g/mol. The summed E-state index contributed by atoms with van der Waals surface area (Å²) in [6, 6.07) is 1.74. The summed E-state index contributed by atoms with van der Waals surface area (Å²) in [5, 5.41) is 42.3. The molecule has 5 heteroatoms. The van der Waals surface area contributed by atoms with E-state index in [4.69, 9.17) is 0 Å². The molecule has 5 rings (SSSR count). The van der Waals surface area contributed by atoms with Gasteiger partial charge in [-0.1, -0.05) is 39.3 Å². The maximum absolute atomic E-state index is 12.3. The number of benzene rings is 1. The van der Waals surface area contributed by atoms with Crippen molar-refractivity contribution in [2.75, 3.05) is 0 Å². The normalized spacial score (nSPS) is 44.4. The van der Waals surface area contributed by atoms with E-state index in [0.29, 0.717) is 17.9 Å². The summed E-state index contributed by atoms with van der Waals surface area (Å²) >= 11 is 0. The fourth-order valence-corrected chi connectivity index (χ4v) is 9.36. The lowest BCUT2D eigenvalue weighted by atomic mass is 9.34. The van der Waals surface area contributed by atoms with Gasteiger partial charge in [-0.2, -0.15) is 0 Å². The van der Waals surface area contributed by atoms with Crippen LogP contribution in [-0.2, 0) is 10.2 Å². The predicted octanol–water partition coefficient (Wildman–Crippen LogP) is 6.57. The highest BCUT2D eigenvalue weighted by molar-refractivity contribution is 5.74. The molecule has 0 amide bonds. The lowest BCUT2D eigenvalue weighted by Gasteiger charge is -2.70. The van der Waals surface area contributed by atoms with E-state index in [1.54, 1.807) is 13.0 Å². The first-order valence-electron chi connectivity index (χ1n) is 13.7. The summed E-state index contributed by atoms with van der Waals surface area (Å²) in [6.07, 6.45) is 8.02. The zero-order valence-electron chi connectivity index (χ0n) is 23.0. The molecule has 4 aliphatic rings. The number of hydrogen-bond donors (Lipinski definition) is 4. The van der Waals surface area contributed by atoms with Gasteiger partial charge in [0, 0.05) is 11.3 Å². The lowest BCUT2D eigenvalue weighted by molar-refractivity contribution is -0.177. The molecule has 4 aliphatic carbocycles. The quantitative estimate of drug-likeness (QED) is 0.274. The molecule has 0 bridgehead atoms. The molecule has 198 valence electrons. The molecule has 1 aromatic rings. The first-order valence-corrected chi connectivity index (χ1v) is 13.7. The molecule has 36 heavy (non-hydrogen) atoms. The summed E-state index contributed by atoms with van der Waals surface area (Å²) in [5.74, 6) is -0.845. The molecule has 0 radical (unpaired) electrons. The van der Waals surface area contributed by atoms with Crippen molar-refractivity contribution in [3.8, 4) is 11.5 Å². The Labute approximate surface area is 215 Å². The number of carboxylic acid groups (broad SMARTS) is 1. The molecular formula is C31H44O5. The fourth-order valence-electron chi connectivity index (χ4n) is 9.36. The molecule has 8 atom stereocenters. The molecule has 3 fully saturated rings. The fraction of sp³-hybridized carbons (Fsp3) is 0.710. The Hall–Kier alpha value is -2.01. The van der Waals surface area contributed by atoms with Gasteiger partial charge in [0.25, 0.3) is 0 Å². The second-order valence-electron chi connectivity index (χ2n) is 14.0. The summed E-state index contributed by atoms with van der Waals surface area (Å²) in [5.41, 5.74) is 2.83. The Kier molecular flexibility index (Phi) is 5.36. The molecule has 1 aromatic carbocycles. The van der Waals surface area contributed by atoms with Crippen LogP contribution in [0.15, 0.2) is 17.7 Å². The maximum Gasteiger partial charge on any atom is 0.309 e. The first kappa shape index (κ1) is 25.6. The van der Waals surface area contributed by atoms with Crippen LogP contribution in [-0.4, -0.2) is 32.5 Å².